The second-order valence-electron chi connectivity index (χ2n) is 18.1. The number of carbonyl (C=O) groups is 1. The van der Waals surface area contributed by atoms with E-state index in [0.717, 1.165) is 56.1 Å². The van der Waals surface area contributed by atoms with Gasteiger partial charge in [-0.25, -0.2) is 0 Å². The Morgan fingerprint density at radius 2 is 1.67 bits per heavy atom. The van der Waals surface area contributed by atoms with E-state index in [1.165, 1.54) is 37.1 Å². The van der Waals surface area contributed by atoms with Gasteiger partial charge in [-0.05, 0) is 104 Å². The van der Waals surface area contributed by atoms with Crippen molar-refractivity contribution in [2.24, 2.45) is 28.8 Å². The number of nitrogens with zero attached hydrogens (tertiary/aromatic N) is 4. The number of oxime groups is 1. The number of allylic oxidation sites excluding steroid dienone is 1. The van der Waals surface area contributed by atoms with Crippen molar-refractivity contribution in [3.05, 3.63) is 122 Å². The topological polar surface area (TPSA) is 196 Å². The van der Waals surface area contributed by atoms with Crippen LogP contribution in [-0.4, -0.2) is 74.8 Å². The van der Waals surface area contributed by atoms with Crippen molar-refractivity contribution >= 4 is 23.0 Å². The summed E-state index contributed by atoms with van der Waals surface area (Å²) in [5.74, 6) is -0.408. The van der Waals surface area contributed by atoms with E-state index in [0.29, 0.717) is 66.7 Å². The molecule has 2 saturated carbocycles. The second kappa shape index (κ2) is 22.7. The van der Waals surface area contributed by atoms with Crippen molar-refractivity contribution in [3.63, 3.8) is 0 Å². The van der Waals surface area contributed by atoms with Gasteiger partial charge in [0.2, 0.25) is 11.7 Å². The maximum atomic E-state index is 14.8. The molecule has 15 heteroatoms. The highest BCUT2D eigenvalue weighted by molar-refractivity contribution is 6.03. The highest BCUT2D eigenvalue weighted by Gasteiger charge is 2.65. The average molecular weight is 909 g/mol. The van der Waals surface area contributed by atoms with Gasteiger partial charge in [-0.2, -0.15) is 0 Å². The molecule has 4 aliphatic rings. The molecule has 2 fully saturated rings. The van der Waals surface area contributed by atoms with Gasteiger partial charge in [-0.1, -0.05) is 68.8 Å². The minimum Gasteiger partial charge on any atom is -0.459 e. The number of carbonyl (C=O) groups excluding carboxylic acids is 1. The molecule has 0 bridgehead atoms. The number of aliphatic hydroxyl groups excluding tert-OH is 2. The molecule has 1 aliphatic heterocycles. The van der Waals surface area contributed by atoms with Crippen LogP contribution >= 0.6 is 0 Å². The first-order valence-corrected chi connectivity index (χ1v) is 23.8. The normalized spacial score (nSPS) is 23.8. The Bertz CT molecular complexity index is 2220. The van der Waals surface area contributed by atoms with Crippen molar-refractivity contribution < 1.29 is 43.9 Å². The number of nitro benzene ring substituents is 2. The van der Waals surface area contributed by atoms with E-state index in [-0.39, 0.29) is 67.9 Å². The summed E-state index contributed by atoms with van der Waals surface area (Å²) in [5, 5.41) is 47.9. The monoisotopic (exact) mass is 908 g/mol. The van der Waals surface area contributed by atoms with Gasteiger partial charge in [0.25, 0.3) is 11.4 Å². The number of fused-ring (bicyclic) bond motifs is 2. The van der Waals surface area contributed by atoms with Crippen LogP contribution in [0.3, 0.4) is 0 Å². The molecule has 354 valence electrons. The Morgan fingerprint density at radius 1 is 0.939 bits per heavy atom. The molecule has 3 aromatic rings. The molecule has 6 atom stereocenters. The fourth-order valence-electron chi connectivity index (χ4n) is 10.9. The summed E-state index contributed by atoms with van der Waals surface area (Å²) >= 11 is 0. The summed E-state index contributed by atoms with van der Waals surface area (Å²) in [7, 11) is 0. The number of hydrogen-bond acceptors (Lipinski definition) is 12. The van der Waals surface area contributed by atoms with Crippen LogP contribution in [-0.2, 0) is 21.0 Å². The molecule has 0 spiro atoms. The maximum absolute atomic E-state index is 14.8. The highest BCUT2D eigenvalue weighted by Crippen LogP contribution is 2.62. The lowest BCUT2D eigenvalue weighted by Crippen LogP contribution is -2.70. The smallest absolute Gasteiger partial charge is 0.273 e. The summed E-state index contributed by atoms with van der Waals surface area (Å²) < 4.78 is 20.8. The Labute approximate surface area is 386 Å². The lowest BCUT2D eigenvalue weighted by atomic mass is 9.55. The van der Waals surface area contributed by atoms with Crippen LogP contribution in [0.15, 0.2) is 96.2 Å². The molecule has 15 nitrogen and oxygen atoms in total. The Hall–Kier alpha value is -5.64. The zero-order valence-electron chi connectivity index (χ0n) is 38.0. The predicted octanol–water partition coefficient (Wildman–Crippen LogP) is 10.3. The SMILES string of the molecule is C=CCO[C@@]12Oc3ccc(Oc4cccc([N+](=O)[O-])c4)cc3[C@H]3[C@H](CCCCO)[C@@H](CCCCO)C=C(C(=NOCc4ccc([N+](=O)[O-])cc4)C[C@@H]1N(CCC)C(=O)CCC1CCCC1)[C@H]32. The van der Waals surface area contributed by atoms with Gasteiger partial charge in [0.05, 0.1) is 34.1 Å². The molecule has 7 rings (SSSR count). The number of aliphatic hydroxyl groups is 2. The van der Waals surface area contributed by atoms with Gasteiger partial charge in [-0.3, -0.25) is 25.0 Å². The molecule has 0 saturated heterocycles. The van der Waals surface area contributed by atoms with Crippen LogP contribution in [0.4, 0.5) is 11.4 Å². The fourth-order valence-corrected chi connectivity index (χ4v) is 10.9. The quantitative estimate of drug-likeness (QED) is 0.0375. The van der Waals surface area contributed by atoms with Crippen molar-refractivity contribution in [3.8, 4) is 17.2 Å². The van der Waals surface area contributed by atoms with E-state index >= 15 is 0 Å². The van der Waals surface area contributed by atoms with E-state index in [4.69, 9.17) is 24.2 Å². The summed E-state index contributed by atoms with van der Waals surface area (Å²) in [4.78, 5) is 45.1. The number of benzene rings is 3. The zero-order chi connectivity index (χ0) is 46.6. The van der Waals surface area contributed by atoms with Gasteiger partial charge in [0, 0.05) is 62.3 Å². The summed E-state index contributed by atoms with van der Waals surface area (Å²) in [6.45, 7) is 6.83. The molecule has 0 unspecified atom stereocenters. The third-order valence-electron chi connectivity index (χ3n) is 13.9. The summed E-state index contributed by atoms with van der Waals surface area (Å²) in [6.07, 6.45) is 15.0. The van der Waals surface area contributed by atoms with Crippen LogP contribution in [0.25, 0.3) is 0 Å². The van der Waals surface area contributed by atoms with Crippen molar-refractivity contribution in [2.45, 2.75) is 121 Å². The number of non-ortho nitro benzene ring substituents is 2. The van der Waals surface area contributed by atoms with E-state index in [9.17, 15) is 35.2 Å². The lowest BCUT2D eigenvalue weighted by Gasteiger charge is -2.60. The van der Waals surface area contributed by atoms with E-state index in [1.54, 1.807) is 36.4 Å². The predicted molar refractivity (Wildman–Crippen MR) is 249 cm³/mol. The molecule has 0 radical (unpaired) electrons. The van der Waals surface area contributed by atoms with Gasteiger partial charge in [-0.15, -0.1) is 6.58 Å². The first-order chi connectivity index (χ1) is 32.1. The lowest BCUT2D eigenvalue weighted by molar-refractivity contribution is -0.385. The number of ether oxygens (including phenoxy) is 3. The number of unbranched alkanes of at least 4 members (excludes halogenated alkanes) is 2. The molecule has 0 aromatic heterocycles. The third-order valence-corrected chi connectivity index (χ3v) is 13.9. The van der Waals surface area contributed by atoms with Crippen LogP contribution in [0.1, 0.15) is 114 Å². The number of hydrogen-bond donors (Lipinski definition) is 2. The molecule has 2 N–H and O–H groups in total. The number of nitro groups is 2. The molecule has 3 aliphatic carbocycles. The van der Waals surface area contributed by atoms with Gasteiger partial charge in [0.1, 0.15) is 29.9 Å². The minimum atomic E-state index is -1.42. The molecule has 1 amide bonds. The average Bonchev–Trinajstić information content (AvgIpc) is 3.85. The van der Waals surface area contributed by atoms with Crippen LogP contribution < -0.4 is 9.47 Å². The number of amides is 1. The highest BCUT2D eigenvalue weighted by atomic mass is 16.7. The van der Waals surface area contributed by atoms with Gasteiger partial charge in [0.15, 0.2) is 0 Å². The molecular weight excluding hydrogens is 845 g/mol. The van der Waals surface area contributed by atoms with Crippen LogP contribution in [0.5, 0.6) is 17.2 Å². The summed E-state index contributed by atoms with van der Waals surface area (Å²) in [5.41, 5.74) is 2.95. The first kappa shape index (κ1) is 48.3. The number of rotatable bonds is 24. The van der Waals surface area contributed by atoms with Gasteiger partial charge < -0.3 is 34.2 Å². The molecule has 1 heterocycles. The Kier molecular flexibility index (Phi) is 16.6. The largest absolute Gasteiger partial charge is 0.459 e. The standard InChI is InChI=1S/C51H64N4O11/c1-3-26-53(48(58)25-20-35-12-5-6-13-35)47-33-45(52-64-34-36-18-21-38(22-19-36)54(59)60)43-30-37(14-7-9-27-56)42(17-8-10-28-57)49-44-32-41(65-40-16-11-15-39(31-40)55(61)62)23-24-46(44)66-51(47,50(43)49)63-29-4-2/h4,11,15-16,18-19,21-24,30-32,35,37,42,47,49-50,56-57H,2-3,5-10,12-14,17,20,25-29,33-34H2,1H3/t37-,42+,47-,49+,50+,51+/m0/s1. The van der Waals surface area contributed by atoms with Gasteiger partial charge >= 0.3 is 0 Å². The van der Waals surface area contributed by atoms with E-state index in [1.807, 2.05) is 17.0 Å². The summed E-state index contributed by atoms with van der Waals surface area (Å²) in [6, 6.07) is 17.1. The van der Waals surface area contributed by atoms with E-state index < -0.39 is 27.6 Å². The molecule has 3 aromatic carbocycles. The third kappa shape index (κ3) is 11.0. The Morgan fingerprint density at radius 3 is 2.36 bits per heavy atom. The second-order valence-corrected chi connectivity index (χ2v) is 18.1. The Balaban J connectivity index is 1.40. The zero-order valence-corrected chi connectivity index (χ0v) is 38.0. The van der Waals surface area contributed by atoms with Crippen LogP contribution in [0.2, 0.25) is 0 Å². The maximum Gasteiger partial charge on any atom is 0.273 e. The van der Waals surface area contributed by atoms with Crippen molar-refractivity contribution in [2.75, 3.05) is 26.4 Å². The van der Waals surface area contributed by atoms with Crippen LogP contribution in [0, 0.1) is 43.9 Å². The van der Waals surface area contributed by atoms with E-state index in [2.05, 4.69) is 19.6 Å². The van der Waals surface area contributed by atoms with Crippen molar-refractivity contribution in [1.82, 2.24) is 4.90 Å². The fraction of sp³-hybridized carbons (Fsp3) is 0.529. The molecular formula is C51H64N4O11. The van der Waals surface area contributed by atoms with Crippen molar-refractivity contribution in [1.29, 1.82) is 0 Å². The molecule has 66 heavy (non-hydrogen) atoms. The first-order valence-electron chi connectivity index (χ1n) is 23.8. The minimum absolute atomic E-state index is 0.00731.